The molecule has 0 saturated carbocycles. The molecule has 1 aliphatic carbocycles. The Morgan fingerprint density at radius 2 is 2.10 bits per heavy atom. The Labute approximate surface area is 128 Å². The van der Waals surface area contributed by atoms with Crippen LogP contribution < -0.4 is 5.32 Å². The van der Waals surface area contributed by atoms with Gasteiger partial charge in [-0.3, -0.25) is 0 Å². The fraction of sp³-hybridized carbons (Fsp3) is 0.667. The average Bonchev–Trinajstić information content (AvgIpc) is 2.46. The van der Waals surface area contributed by atoms with Gasteiger partial charge in [-0.15, -0.1) is 0 Å². The standard InChI is InChI=1S/C18H29NS/c1-4-10-19-17(13-20-14(3)5-2)12-16-11-15-8-6-7-9-18(15)16/h6-9,14,16-17,19H,4-5,10-13H2,1-3H3. The molecule has 1 aliphatic rings. The highest BCUT2D eigenvalue weighted by atomic mass is 32.2. The summed E-state index contributed by atoms with van der Waals surface area (Å²) in [5.74, 6) is 2.05. The largest absolute Gasteiger partial charge is 0.313 e. The summed E-state index contributed by atoms with van der Waals surface area (Å²) in [7, 11) is 0. The van der Waals surface area contributed by atoms with Crippen molar-refractivity contribution in [1.29, 1.82) is 0 Å². The van der Waals surface area contributed by atoms with E-state index < -0.39 is 0 Å². The maximum Gasteiger partial charge on any atom is 0.0164 e. The smallest absolute Gasteiger partial charge is 0.0164 e. The molecule has 0 bridgehead atoms. The molecule has 0 amide bonds. The third-order valence-corrected chi connectivity index (χ3v) is 5.87. The van der Waals surface area contributed by atoms with E-state index in [2.05, 4.69) is 62.1 Å². The molecule has 3 atom stereocenters. The van der Waals surface area contributed by atoms with Crippen molar-refractivity contribution >= 4 is 11.8 Å². The van der Waals surface area contributed by atoms with Crippen LogP contribution in [0.25, 0.3) is 0 Å². The second kappa shape index (κ2) is 8.09. The molecule has 1 aromatic rings. The summed E-state index contributed by atoms with van der Waals surface area (Å²) < 4.78 is 0. The molecule has 112 valence electrons. The number of rotatable bonds is 9. The number of thioether (sulfide) groups is 1. The van der Waals surface area contributed by atoms with Crippen LogP contribution in [0.4, 0.5) is 0 Å². The van der Waals surface area contributed by atoms with Crippen LogP contribution in [0.15, 0.2) is 24.3 Å². The number of nitrogens with one attached hydrogen (secondary N) is 1. The van der Waals surface area contributed by atoms with Crippen molar-refractivity contribution in [1.82, 2.24) is 5.32 Å². The van der Waals surface area contributed by atoms with Crippen molar-refractivity contribution in [2.45, 2.75) is 63.7 Å². The van der Waals surface area contributed by atoms with E-state index >= 15 is 0 Å². The summed E-state index contributed by atoms with van der Waals surface area (Å²) in [5, 5.41) is 4.54. The van der Waals surface area contributed by atoms with Gasteiger partial charge >= 0.3 is 0 Å². The summed E-state index contributed by atoms with van der Waals surface area (Å²) in [6, 6.07) is 9.64. The first kappa shape index (κ1) is 15.9. The zero-order chi connectivity index (χ0) is 14.4. The van der Waals surface area contributed by atoms with Gasteiger partial charge in [-0.1, -0.05) is 45.0 Å². The lowest BCUT2D eigenvalue weighted by molar-refractivity contribution is 0.444. The third kappa shape index (κ3) is 4.26. The minimum absolute atomic E-state index is 0.673. The fourth-order valence-electron chi connectivity index (χ4n) is 2.87. The topological polar surface area (TPSA) is 12.0 Å². The van der Waals surface area contributed by atoms with Crippen LogP contribution in [0.5, 0.6) is 0 Å². The molecule has 1 aromatic carbocycles. The highest BCUT2D eigenvalue weighted by Crippen LogP contribution is 2.38. The van der Waals surface area contributed by atoms with Crippen molar-refractivity contribution in [3.05, 3.63) is 35.4 Å². The fourth-order valence-corrected chi connectivity index (χ4v) is 3.92. The van der Waals surface area contributed by atoms with Crippen LogP contribution in [-0.4, -0.2) is 23.6 Å². The van der Waals surface area contributed by atoms with Crippen LogP contribution >= 0.6 is 11.8 Å². The van der Waals surface area contributed by atoms with Gasteiger partial charge in [-0.05, 0) is 49.3 Å². The van der Waals surface area contributed by atoms with Gasteiger partial charge in [0.15, 0.2) is 0 Å². The first-order chi connectivity index (χ1) is 9.74. The molecule has 0 heterocycles. The molecule has 20 heavy (non-hydrogen) atoms. The van der Waals surface area contributed by atoms with Gasteiger partial charge in [0.1, 0.15) is 0 Å². The average molecular weight is 292 g/mol. The van der Waals surface area contributed by atoms with Crippen LogP contribution in [0.1, 0.15) is 57.1 Å². The van der Waals surface area contributed by atoms with Crippen LogP contribution in [0, 0.1) is 0 Å². The number of fused-ring (bicyclic) bond motifs is 1. The Balaban J connectivity index is 1.85. The minimum atomic E-state index is 0.673. The first-order valence-corrected chi connectivity index (χ1v) is 9.22. The van der Waals surface area contributed by atoms with Crippen LogP contribution in [-0.2, 0) is 6.42 Å². The Morgan fingerprint density at radius 1 is 1.30 bits per heavy atom. The highest BCUT2D eigenvalue weighted by molar-refractivity contribution is 7.99. The Hall–Kier alpha value is -0.470. The van der Waals surface area contributed by atoms with Gasteiger partial charge in [0.2, 0.25) is 0 Å². The van der Waals surface area contributed by atoms with E-state index in [-0.39, 0.29) is 0 Å². The van der Waals surface area contributed by atoms with Gasteiger partial charge in [-0.25, -0.2) is 0 Å². The van der Waals surface area contributed by atoms with Crippen LogP contribution in [0.2, 0.25) is 0 Å². The van der Waals surface area contributed by atoms with E-state index in [1.54, 1.807) is 11.1 Å². The molecular formula is C18H29NS. The third-order valence-electron chi connectivity index (χ3n) is 4.37. The first-order valence-electron chi connectivity index (χ1n) is 8.17. The van der Waals surface area contributed by atoms with Crippen LogP contribution in [0.3, 0.4) is 0 Å². The van der Waals surface area contributed by atoms with E-state index in [9.17, 15) is 0 Å². The van der Waals surface area contributed by atoms with Gasteiger partial charge in [0.25, 0.3) is 0 Å². The summed E-state index contributed by atoms with van der Waals surface area (Å²) in [4.78, 5) is 0. The van der Waals surface area contributed by atoms with Crippen molar-refractivity contribution in [2.24, 2.45) is 0 Å². The lowest BCUT2D eigenvalue weighted by Gasteiger charge is -2.33. The van der Waals surface area contributed by atoms with Gasteiger partial charge in [-0.2, -0.15) is 11.8 Å². The zero-order valence-electron chi connectivity index (χ0n) is 13.2. The number of benzene rings is 1. The maximum absolute atomic E-state index is 3.76. The van der Waals surface area contributed by atoms with Crippen molar-refractivity contribution in [3.8, 4) is 0 Å². The molecule has 0 aromatic heterocycles. The number of hydrogen-bond donors (Lipinski definition) is 1. The molecule has 0 fully saturated rings. The minimum Gasteiger partial charge on any atom is -0.313 e. The zero-order valence-corrected chi connectivity index (χ0v) is 14.0. The Kier molecular flexibility index (Phi) is 6.44. The summed E-state index contributed by atoms with van der Waals surface area (Å²) in [5.41, 5.74) is 3.17. The molecule has 0 radical (unpaired) electrons. The molecular weight excluding hydrogens is 262 g/mol. The molecule has 0 spiro atoms. The summed E-state index contributed by atoms with van der Waals surface area (Å²) >= 11 is 2.13. The molecule has 3 unspecified atom stereocenters. The predicted octanol–water partition coefficient (Wildman–Crippen LogP) is 4.62. The van der Waals surface area contributed by atoms with E-state index in [0.717, 1.165) is 17.7 Å². The SMILES string of the molecule is CCCNC(CSC(C)CC)CC1Cc2ccccc21. The monoisotopic (exact) mass is 291 g/mol. The highest BCUT2D eigenvalue weighted by Gasteiger charge is 2.27. The van der Waals surface area contributed by atoms with E-state index in [0.29, 0.717) is 6.04 Å². The van der Waals surface area contributed by atoms with Gasteiger partial charge in [0.05, 0.1) is 0 Å². The molecule has 0 saturated heterocycles. The second-order valence-electron chi connectivity index (χ2n) is 6.04. The summed E-state index contributed by atoms with van der Waals surface area (Å²) in [6.45, 7) is 8.04. The lowest BCUT2D eigenvalue weighted by Crippen LogP contribution is -2.36. The van der Waals surface area contributed by atoms with E-state index in [1.807, 2.05) is 0 Å². The van der Waals surface area contributed by atoms with E-state index in [4.69, 9.17) is 0 Å². The normalized spacial score (nSPS) is 20.1. The van der Waals surface area contributed by atoms with Gasteiger partial charge in [0, 0.05) is 17.0 Å². The predicted molar refractivity (Wildman–Crippen MR) is 91.8 cm³/mol. The van der Waals surface area contributed by atoms with Gasteiger partial charge < -0.3 is 5.32 Å². The summed E-state index contributed by atoms with van der Waals surface area (Å²) in [6.07, 6.45) is 5.10. The molecule has 0 aliphatic heterocycles. The molecule has 2 heteroatoms. The molecule has 1 nitrogen and oxygen atoms in total. The Morgan fingerprint density at radius 3 is 2.80 bits per heavy atom. The molecule has 2 rings (SSSR count). The van der Waals surface area contributed by atoms with E-state index in [1.165, 1.54) is 31.4 Å². The quantitative estimate of drug-likeness (QED) is 0.712. The van der Waals surface area contributed by atoms with Crippen molar-refractivity contribution < 1.29 is 0 Å². The maximum atomic E-state index is 3.76. The molecule has 1 N–H and O–H groups in total. The number of hydrogen-bond acceptors (Lipinski definition) is 2. The second-order valence-corrected chi connectivity index (χ2v) is 7.51. The van der Waals surface area contributed by atoms with Crippen molar-refractivity contribution in [3.63, 3.8) is 0 Å². The Bertz CT molecular complexity index is 404. The van der Waals surface area contributed by atoms with Crippen molar-refractivity contribution in [2.75, 3.05) is 12.3 Å². The lowest BCUT2D eigenvalue weighted by atomic mass is 9.74.